The number of hydrogen-bond acceptors (Lipinski definition) is 5. The van der Waals surface area contributed by atoms with Crippen LogP contribution in [-0.4, -0.2) is 44.5 Å². The van der Waals surface area contributed by atoms with Crippen LogP contribution in [0.1, 0.15) is 32.0 Å². The van der Waals surface area contributed by atoms with Crippen LogP contribution in [0.4, 0.5) is 5.82 Å². The zero-order valence-corrected chi connectivity index (χ0v) is 14.7. The van der Waals surface area contributed by atoms with Crippen molar-refractivity contribution < 1.29 is 8.42 Å². The first-order valence-corrected chi connectivity index (χ1v) is 9.14. The molecule has 0 fully saturated rings. The number of hydrogen-bond donors (Lipinski definition) is 1. The largest absolute Gasteiger partial charge is 0.359 e. The van der Waals surface area contributed by atoms with Gasteiger partial charge in [0.2, 0.25) is 0 Å². The minimum Gasteiger partial charge on any atom is -0.359 e. The highest BCUT2D eigenvalue weighted by Gasteiger charge is 2.11. The summed E-state index contributed by atoms with van der Waals surface area (Å²) >= 11 is 0. The maximum atomic E-state index is 11.3. The lowest BCUT2D eigenvalue weighted by Crippen LogP contribution is -2.35. The molecule has 6 heteroatoms. The van der Waals surface area contributed by atoms with E-state index in [-0.39, 0.29) is 11.3 Å². The van der Waals surface area contributed by atoms with E-state index in [4.69, 9.17) is 0 Å². The van der Waals surface area contributed by atoms with Crippen molar-refractivity contribution in [1.29, 1.82) is 0 Å². The molecule has 5 nitrogen and oxygen atoms in total. The SMILES string of the molecule is Cc1cc(CNC(C)(C)C)cc(N(C)CCS(C)(=O)=O)n1. The smallest absolute Gasteiger partial charge is 0.149 e. The van der Waals surface area contributed by atoms with Gasteiger partial charge in [-0.25, -0.2) is 13.4 Å². The lowest BCUT2D eigenvalue weighted by Gasteiger charge is -2.22. The van der Waals surface area contributed by atoms with Crippen LogP contribution in [0.5, 0.6) is 0 Å². The molecule has 0 unspecified atom stereocenters. The minimum absolute atomic E-state index is 0.0551. The van der Waals surface area contributed by atoms with Crippen molar-refractivity contribution in [3.05, 3.63) is 23.4 Å². The van der Waals surface area contributed by atoms with E-state index < -0.39 is 9.84 Å². The van der Waals surface area contributed by atoms with Gasteiger partial charge >= 0.3 is 0 Å². The topological polar surface area (TPSA) is 62.3 Å². The predicted octanol–water partition coefficient (Wildman–Crippen LogP) is 1.76. The highest BCUT2D eigenvalue weighted by Crippen LogP contribution is 2.15. The highest BCUT2D eigenvalue weighted by molar-refractivity contribution is 7.90. The first kappa shape index (κ1) is 17.9. The minimum atomic E-state index is -2.96. The fourth-order valence-electron chi connectivity index (χ4n) is 1.80. The maximum Gasteiger partial charge on any atom is 0.149 e. The molecule has 0 saturated heterocycles. The number of nitrogens with one attached hydrogen (secondary N) is 1. The third-order valence-electron chi connectivity index (χ3n) is 3.01. The van der Waals surface area contributed by atoms with Crippen molar-refractivity contribution in [2.75, 3.05) is 30.5 Å². The Labute approximate surface area is 128 Å². The van der Waals surface area contributed by atoms with Crippen molar-refractivity contribution in [2.45, 2.75) is 39.8 Å². The number of rotatable bonds is 6. The molecular weight excluding hydrogens is 286 g/mol. The van der Waals surface area contributed by atoms with Gasteiger partial charge in [-0.05, 0) is 45.4 Å². The van der Waals surface area contributed by atoms with Gasteiger partial charge < -0.3 is 10.2 Å². The van der Waals surface area contributed by atoms with Gasteiger partial charge in [-0.1, -0.05) is 0 Å². The predicted molar refractivity (Wildman–Crippen MR) is 88.5 cm³/mol. The summed E-state index contributed by atoms with van der Waals surface area (Å²) in [7, 11) is -1.09. The summed E-state index contributed by atoms with van der Waals surface area (Å²) in [5.74, 6) is 0.943. The molecular formula is C15H27N3O2S. The second-order valence-electron chi connectivity index (χ2n) is 6.63. The second kappa shape index (κ2) is 6.75. The molecule has 0 bridgehead atoms. The summed E-state index contributed by atoms with van der Waals surface area (Å²) in [6.45, 7) is 9.54. The van der Waals surface area contributed by atoms with Crippen molar-refractivity contribution in [2.24, 2.45) is 0 Å². The quantitative estimate of drug-likeness (QED) is 0.867. The Balaban J connectivity index is 2.81. The van der Waals surface area contributed by atoms with E-state index in [0.717, 1.165) is 23.6 Å². The average molecular weight is 313 g/mol. The van der Waals surface area contributed by atoms with E-state index in [1.54, 1.807) is 0 Å². The fraction of sp³-hybridized carbons (Fsp3) is 0.667. The van der Waals surface area contributed by atoms with Crippen LogP contribution in [0.25, 0.3) is 0 Å². The molecule has 21 heavy (non-hydrogen) atoms. The van der Waals surface area contributed by atoms with Crippen molar-refractivity contribution in [3.63, 3.8) is 0 Å². The Hall–Kier alpha value is -1.14. The van der Waals surface area contributed by atoms with E-state index in [2.05, 4.69) is 31.1 Å². The van der Waals surface area contributed by atoms with Gasteiger partial charge in [0.05, 0.1) is 5.75 Å². The molecule has 0 aliphatic carbocycles. The van der Waals surface area contributed by atoms with Crippen LogP contribution >= 0.6 is 0 Å². The summed E-state index contributed by atoms with van der Waals surface area (Å²) in [5.41, 5.74) is 2.14. The normalized spacial score (nSPS) is 12.5. The van der Waals surface area contributed by atoms with E-state index >= 15 is 0 Å². The van der Waals surface area contributed by atoms with Crippen LogP contribution in [0.3, 0.4) is 0 Å². The Morgan fingerprint density at radius 2 is 1.90 bits per heavy atom. The summed E-state index contributed by atoms with van der Waals surface area (Å²) < 4.78 is 22.5. The number of aromatic nitrogens is 1. The number of anilines is 1. The molecule has 0 aliphatic heterocycles. The molecule has 1 aromatic heterocycles. The van der Waals surface area contributed by atoms with Gasteiger partial charge in [0.15, 0.2) is 0 Å². The summed E-state index contributed by atoms with van der Waals surface area (Å²) in [5, 5.41) is 3.45. The van der Waals surface area contributed by atoms with Crippen LogP contribution in [0.15, 0.2) is 12.1 Å². The molecule has 0 amide bonds. The fourth-order valence-corrected chi connectivity index (χ4v) is 2.41. The molecule has 1 rings (SSSR count). The highest BCUT2D eigenvalue weighted by atomic mass is 32.2. The first-order chi connectivity index (χ1) is 9.46. The van der Waals surface area contributed by atoms with E-state index in [1.165, 1.54) is 6.26 Å². The van der Waals surface area contributed by atoms with Gasteiger partial charge in [0.1, 0.15) is 15.7 Å². The van der Waals surface area contributed by atoms with Crippen molar-refractivity contribution in [3.8, 4) is 0 Å². The average Bonchev–Trinajstić information content (AvgIpc) is 2.31. The van der Waals surface area contributed by atoms with Crippen molar-refractivity contribution >= 4 is 15.7 Å². The molecule has 0 aliphatic rings. The third kappa shape index (κ3) is 7.43. The van der Waals surface area contributed by atoms with Crippen LogP contribution in [-0.2, 0) is 16.4 Å². The molecule has 120 valence electrons. The number of nitrogens with zero attached hydrogens (tertiary/aromatic N) is 2. The summed E-state index contributed by atoms with van der Waals surface area (Å²) in [6.07, 6.45) is 1.25. The van der Waals surface area contributed by atoms with Gasteiger partial charge in [0, 0.05) is 37.6 Å². The van der Waals surface area contributed by atoms with Gasteiger partial charge in [-0.3, -0.25) is 0 Å². The van der Waals surface area contributed by atoms with Crippen LogP contribution < -0.4 is 10.2 Å². The van der Waals surface area contributed by atoms with Gasteiger partial charge in [0.25, 0.3) is 0 Å². The Morgan fingerprint density at radius 3 is 2.43 bits per heavy atom. The third-order valence-corrected chi connectivity index (χ3v) is 3.94. The maximum absolute atomic E-state index is 11.3. The molecule has 1 N–H and O–H groups in total. The number of pyridine rings is 1. The molecule has 0 radical (unpaired) electrons. The number of sulfone groups is 1. The second-order valence-corrected chi connectivity index (χ2v) is 8.89. The van der Waals surface area contributed by atoms with E-state index in [1.807, 2.05) is 31.0 Å². The van der Waals surface area contributed by atoms with E-state index in [9.17, 15) is 8.42 Å². The van der Waals surface area contributed by atoms with Crippen LogP contribution in [0.2, 0.25) is 0 Å². The molecule has 0 atom stereocenters. The molecule has 1 aromatic rings. The summed E-state index contributed by atoms with van der Waals surface area (Å²) in [6, 6.07) is 4.06. The Kier molecular flexibility index (Phi) is 5.75. The lowest BCUT2D eigenvalue weighted by molar-refractivity contribution is 0.424. The standard InChI is InChI=1S/C15H27N3O2S/c1-12-9-13(11-16-15(2,3)4)10-14(17-12)18(5)7-8-21(6,19)20/h9-10,16H,7-8,11H2,1-6H3. The summed E-state index contributed by atoms with van der Waals surface area (Å²) in [4.78, 5) is 6.37. The number of aryl methyl sites for hydroxylation is 1. The van der Waals surface area contributed by atoms with Crippen LogP contribution in [0, 0.1) is 6.92 Å². The van der Waals surface area contributed by atoms with Gasteiger partial charge in [-0.2, -0.15) is 0 Å². The molecule has 0 aromatic carbocycles. The zero-order valence-electron chi connectivity index (χ0n) is 13.9. The molecule has 0 spiro atoms. The first-order valence-electron chi connectivity index (χ1n) is 7.08. The monoisotopic (exact) mass is 313 g/mol. The molecule has 1 heterocycles. The van der Waals surface area contributed by atoms with E-state index in [0.29, 0.717) is 6.54 Å². The zero-order chi connectivity index (χ0) is 16.3. The lowest BCUT2D eigenvalue weighted by atomic mass is 10.1. The molecule has 0 saturated carbocycles. The van der Waals surface area contributed by atoms with Gasteiger partial charge in [-0.15, -0.1) is 0 Å². The van der Waals surface area contributed by atoms with Crippen molar-refractivity contribution in [1.82, 2.24) is 10.3 Å². The Bertz CT molecular complexity index is 577. The Morgan fingerprint density at radius 1 is 1.29 bits per heavy atom.